The van der Waals surface area contributed by atoms with Crippen LogP contribution in [0.3, 0.4) is 0 Å². The fourth-order valence-corrected chi connectivity index (χ4v) is 3.39. The number of hydrogen-bond acceptors (Lipinski definition) is 5. The number of hydrogen-bond donors (Lipinski definition) is 1. The zero-order valence-electron chi connectivity index (χ0n) is 14.9. The summed E-state index contributed by atoms with van der Waals surface area (Å²) in [6, 6.07) is 13.4. The number of nitrogens with one attached hydrogen (secondary N) is 1. The molecule has 3 rings (SSSR count). The van der Waals surface area contributed by atoms with Crippen molar-refractivity contribution in [2.24, 2.45) is 0 Å². The van der Waals surface area contributed by atoms with Gasteiger partial charge in [0.25, 0.3) is 0 Å². The second-order valence-corrected chi connectivity index (χ2v) is 6.73. The predicted molar refractivity (Wildman–Crippen MR) is 104 cm³/mol. The number of anilines is 1. The summed E-state index contributed by atoms with van der Waals surface area (Å²) in [6.45, 7) is 1.99. The molecule has 26 heavy (non-hydrogen) atoms. The van der Waals surface area contributed by atoms with E-state index >= 15 is 0 Å². The van der Waals surface area contributed by atoms with Crippen molar-refractivity contribution in [1.82, 2.24) is 4.98 Å². The molecule has 0 bridgehead atoms. The Morgan fingerprint density at radius 1 is 1.12 bits per heavy atom. The lowest BCUT2D eigenvalue weighted by Crippen LogP contribution is -2.14. The van der Waals surface area contributed by atoms with E-state index in [1.54, 1.807) is 14.2 Å². The molecule has 1 amide bonds. The number of benzene rings is 2. The van der Waals surface area contributed by atoms with Crippen molar-refractivity contribution in [1.29, 1.82) is 0 Å². The first-order valence-electron chi connectivity index (χ1n) is 8.12. The molecule has 0 aliphatic rings. The number of thiazole rings is 1. The van der Waals surface area contributed by atoms with Crippen LogP contribution in [0.5, 0.6) is 11.5 Å². The van der Waals surface area contributed by atoms with Gasteiger partial charge in [0.05, 0.1) is 26.3 Å². The molecule has 0 fully saturated rings. The lowest BCUT2D eigenvalue weighted by molar-refractivity contribution is -0.115. The molecule has 0 aliphatic heterocycles. The van der Waals surface area contributed by atoms with Crippen LogP contribution in [0.1, 0.15) is 10.6 Å². The molecule has 0 saturated carbocycles. The Labute approximate surface area is 156 Å². The van der Waals surface area contributed by atoms with E-state index in [0.717, 1.165) is 27.5 Å². The van der Waals surface area contributed by atoms with Gasteiger partial charge in [0.2, 0.25) is 5.91 Å². The number of nitrogens with zero attached hydrogens (tertiary/aromatic N) is 1. The summed E-state index contributed by atoms with van der Waals surface area (Å²) in [4.78, 5) is 16.8. The molecule has 134 valence electrons. The van der Waals surface area contributed by atoms with E-state index in [-0.39, 0.29) is 12.3 Å². The van der Waals surface area contributed by atoms with Crippen LogP contribution < -0.4 is 14.8 Å². The van der Waals surface area contributed by atoms with Gasteiger partial charge in [0.15, 0.2) is 11.5 Å². The molecule has 0 atom stereocenters. The highest BCUT2D eigenvalue weighted by molar-refractivity contribution is 7.10. The van der Waals surface area contributed by atoms with Crippen molar-refractivity contribution in [3.05, 3.63) is 58.4 Å². The maximum absolute atomic E-state index is 12.2. The molecule has 5 nitrogen and oxygen atoms in total. The number of methoxy groups -OCH3 is 2. The molecule has 0 radical (unpaired) electrons. The smallest absolute Gasteiger partial charge is 0.231 e. The quantitative estimate of drug-likeness (QED) is 0.704. The maximum Gasteiger partial charge on any atom is 0.231 e. The van der Waals surface area contributed by atoms with Crippen LogP contribution in [0.15, 0.2) is 47.8 Å². The van der Waals surface area contributed by atoms with Gasteiger partial charge >= 0.3 is 0 Å². The topological polar surface area (TPSA) is 60.5 Å². The van der Waals surface area contributed by atoms with E-state index in [9.17, 15) is 4.79 Å². The number of rotatable bonds is 6. The molecule has 0 aliphatic carbocycles. The standard InChI is InChI=1S/C20H20N2O3S/c1-13-5-4-6-15(9-13)21-19(23)11-20-22-16(12-26-20)14-7-8-17(24-2)18(10-14)25-3/h4-10,12H,11H2,1-3H3,(H,21,23). The monoisotopic (exact) mass is 368 g/mol. The van der Waals surface area contributed by atoms with Gasteiger partial charge in [-0.05, 0) is 42.8 Å². The molecular weight excluding hydrogens is 348 g/mol. The van der Waals surface area contributed by atoms with Crippen molar-refractivity contribution in [2.75, 3.05) is 19.5 Å². The number of amides is 1. The highest BCUT2D eigenvalue weighted by Crippen LogP contribution is 2.32. The van der Waals surface area contributed by atoms with Crippen LogP contribution in [0.25, 0.3) is 11.3 Å². The number of carbonyl (C=O) groups excluding carboxylic acids is 1. The van der Waals surface area contributed by atoms with Crippen LogP contribution in [0, 0.1) is 6.92 Å². The minimum absolute atomic E-state index is 0.0798. The average Bonchev–Trinajstić information content (AvgIpc) is 3.09. The average molecular weight is 368 g/mol. The van der Waals surface area contributed by atoms with Crippen LogP contribution in [0.2, 0.25) is 0 Å². The highest BCUT2D eigenvalue weighted by atomic mass is 32.1. The third-order valence-electron chi connectivity index (χ3n) is 3.84. The molecule has 0 unspecified atom stereocenters. The fourth-order valence-electron chi connectivity index (χ4n) is 2.59. The maximum atomic E-state index is 12.2. The summed E-state index contributed by atoms with van der Waals surface area (Å²) in [5.74, 6) is 1.24. The minimum atomic E-state index is -0.0798. The van der Waals surface area contributed by atoms with E-state index in [2.05, 4.69) is 10.3 Å². The fraction of sp³-hybridized carbons (Fsp3) is 0.200. The van der Waals surface area contributed by atoms with Crippen molar-refractivity contribution >= 4 is 22.9 Å². The Morgan fingerprint density at radius 3 is 2.65 bits per heavy atom. The zero-order chi connectivity index (χ0) is 18.5. The van der Waals surface area contributed by atoms with Crippen LogP contribution in [-0.4, -0.2) is 25.1 Å². The Balaban J connectivity index is 1.70. The van der Waals surface area contributed by atoms with Gasteiger partial charge in [-0.15, -0.1) is 11.3 Å². The van der Waals surface area contributed by atoms with Gasteiger partial charge < -0.3 is 14.8 Å². The molecule has 1 N–H and O–H groups in total. The van der Waals surface area contributed by atoms with Gasteiger partial charge in [-0.2, -0.15) is 0 Å². The van der Waals surface area contributed by atoms with Crippen molar-refractivity contribution < 1.29 is 14.3 Å². The van der Waals surface area contributed by atoms with Gasteiger partial charge in [-0.3, -0.25) is 4.79 Å². The van der Waals surface area contributed by atoms with Crippen LogP contribution >= 0.6 is 11.3 Å². The molecule has 3 aromatic rings. The first kappa shape index (κ1) is 17.9. The molecule has 0 spiro atoms. The first-order chi connectivity index (χ1) is 12.6. The summed E-state index contributed by atoms with van der Waals surface area (Å²) in [7, 11) is 3.20. The zero-order valence-corrected chi connectivity index (χ0v) is 15.7. The van der Waals surface area contributed by atoms with E-state index in [1.165, 1.54) is 11.3 Å². The van der Waals surface area contributed by atoms with E-state index in [4.69, 9.17) is 9.47 Å². The number of carbonyl (C=O) groups is 1. The Bertz CT molecular complexity index is 921. The number of aromatic nitrogens is 1. The lowest BCUT2D eigenvalue weighted by atomic mass is 10.1. The largest absolute Gasteiger partial charge is 0.493 e. The summed E-state index contributed by atoms with van der Waals surface area (Å²) >= 11 is 1.47. The summed E-state index contributed by atoms with van der Waals surface area (Å²) in [5.41, 5.74) is 3.64. The Hall–Kier alpha value is -2.86. The van der Waals surface area contributed by atoms with Crippen molar-refractivity contribution in [3.8, 4) is 22.8 Å². The van der Waals surface area contributed by atoms with Crippen LogP contribution in [-0.2, 0) is 11.2 Å². The summed E-state index contributed by atoms with van der Waals surface area (Å²) in [6.07, 6.45) is 0.242. The minimum Gasteiger partial charge on any atom is -0.493 e. The molecule has 1 heterocycles. The van der Waals surface area contributed by atoms with Crippen LogP contribution in [0.4, 0.5) is 5.69 Å². The molecule has 6 heteroatoms. The SMILES string of the molecule is COc1ccc(-c2csc(CC(=O)Nc3cccc(C)c3)n2)cc1OC. The number of ether oxygens (including phenoxy) is 2. The lowest BCUT2D eigenvalue weighted by Gasteiger charge is -2.08. The van der Waals surface area contributed by atoms with E-state index < -0.39 is 0 Å². The molecular formula is C20H20N2O3S. The van der Waals surface area contributed by atoms with E-state index in [1.807, 2.05) is 54.8 Å². The van der Waals surface area contributed by atoms with E-state index in [0.29, 0.717) is 11.5 Å². The third kappa shape index (κ3) is 4.21. The van der Waals surface area contributed by atoms with Gasteiger partial charge in [-0.1, -0.05) is 12.1 Å². The second kappa shape index (κ2) is 8.01. The van der Waals surface area contributed by atoms with Gasteiger partial charge in [-0.25, -0.2) is 4.98 Å². The van der Waals surface area contributed by atoms with Crippen molar-refractivity contribution in [3.63, 3.8) is 0 Å². The Morgan fingerprint density at radius 2 is 1.92 bits per heavy atom. The highest BCUT2D eigenvalue weighted by Gasteiger charge is 2.12. The van der Waals surface area contributed by atoms with Crippen molar-refractivity contribution in [2.45, 2.75) is 13.3 Å². The number of aryl methyl sites for hydroxylation is 1. The summed E-state index contributed by atoms with van der Waals surface area (Å²) < 4.78 is 10.6. The second-order valence-electron chi connectivity index (χ2n) is 5.79. The summed E-state index contributed by atoms with van der Waals surface area (Å²) in [5, 5.41) is 5.61. The normalized spacial score (nSPS) is 10.4. The molecule has 1 aromatic heterocycles. The third-order valence-corrected chi connectivity index (χ3v) is 4.69. The first-order valence-corrected chi connectivity index (χ1v) is 9.00. The predicted octanol–water partition coefficient (Wildman–Crippen LogP) is 4.32. The Kier molecular flexibility index (Phi) is 5.53. The van der Waals surface area contributed by atoms with Gasteiger partial charge in [0, 0.05) is 16.6 Å². The molecule has 0 saturated heterocycles. The van der Waals surface area contributed by atoms with Gasteiger partial charge in [0.1, 0.15) is 5.01 Å². The molecule has 2 aromatic carbocycles.